The zero-order valence-electron chi connectivity index (χ0n) is 9.50. The Labute approximate surface area is 105 Å². The second-order valence-electron chi connectivity index (χ2n) is 4.06. The van der Waals surface area contributed by atoms with Crippen molar-refractivity contribution in [3.8, 4) is 0 Å². The Kier molecular flexibility index (Phi) is 3.84. The van der Waals surface area contributed by atoms with Crippen molar-refractivity contribution in [1.82, 2.24) is 0 Å². The van der Waals surface area contributed by atoms with Crippen molar-refractivity contribution in [2.75, 3.05) is 23.9 Å². The minimum atomic E-state index is -0.311. The number of halogens is 2. The van der Waals surface area contributed by atoms with E-state index in [0.717, 1.165) is 31.6 Å². The highest BCUT2D eigenvalue weighted by Crippen LogP contribution is 2.31. The number of hydrogen-bond acceptors (Lipinski definition) is 2. The Bertz CT molecular complexity index is 428. The molecule has 5 heteroatoms. The fourth-order valence-electron chi connectivity index (χ4n) is 2.00. The molecular formula is C12H15ClFN3. The van der Waals surface area contributed by atoms with E-state index in [1.165, 1.54) is 12.1 Å². The average molecular weight is 256 g/mol. The van der Waals surface area contributed by atoms with E-state index in [4.69, 9.17) is 17.3 Å². The Morgan fingerprint density at radius 1 is 1.41 bits per heavy atom. The van der Waals surface area contributed by atoms with E-state index in [2.05, 4.69) is 9.89 Å². The lowest BCUT2D eigenvalue weighted by molar-refractivity contribution is 0.628. The first kappa shape index (κ1) is 12.2. The molecule has 2 N–H and O–H groups in total. The number of hydrogen-bond donors (Lipinski definition) is 1. The zero-order valence-corrected chi connectivity index (χ0v) is 10.3. The molecule has 1 aliphatic heterocycles. The van der Waals surface area contributed by atoms with Crippen LogP contribution in [0.5, 0.6) is 0 Å². The van der Waals surface area contributed by atoms with Crippen LogP contribution in [0.1, 0.15) is 12.8 Å². The summed E-state index contributed by atoms with van der Waals surface area (Å²) in [4.78, 5) is 6.36. The Balaban J connectivity index is 2.36. The van der Waals surface area contributed by atoms with Crippen molar-refractivity contribution < 1.29 is 4.39 Å². The van der Waals surface area contributed by atoms with Crippen LogP contribution in [0, 0.1) is 5.82 Å². The average Bonchev–Trinajstić information content (AvgIpc) is 2.82. The topological polar surface area (TPSA) is 41.6 Å². The van der Waals surface area contributed by atoms with Crippen LogP contribution in [0.4, 0.5) is 15.8 Å². The third-order valence-electron chi connectivity index (χ3n) is 2.79. The van der Waals surface area contributed by atoms with Gasteiger partial charge in [-0.1, -0.05) is 0 Å². The summed E-state index contributed by atoms with van der Waals surface area (Å²) in [7, 11) is 0. The summed E-state index contributed by atoms with van der Waals surface area (Å²) in [5.74, 6) is 0.141. The molecule has 2 rings (SSSR count). The second-order valence-corrected chi connectivity index (χ2v) is 4.33. The molecule has 0 aliphatic carbocycles. The minimum absolute atomic E-state index is 0.149. The van der Waals surface area contributed by atoms with Crippen LogP contribution in [0.15, 0.2) is 23.2 Å². The summed E-state index contributed by atoms with van der Waals surface area (Å²) in [5, 5.41) is 0. The maximum Gasteiger partial charge on any atom is 0.125 e. The Morgan fingerprint density at radius 2 is 2.12 bits per heavy atom. The normalized spacial score (nSPS) is 16.6. The van der Waals surface area contributed by atoms with Gasteiger partial charge in [0, 0.05) is 19.2 Å². The zero-order chi connectivity index (χ0) is 12.3. The third-order valence-corrected chi connectivity index (χ3v) is 3.06. The molecule has 0 amide bonds. The van der Waals surface area contributed by atoms with E-state index in [-0.39, 0.29) is 11.7 Å². The molecule has 3 nitrogen and oxygen atoms in total. The van der Waals surface area contributed by atoms with Gasteiger partial charge >= 0.3 is 0 Å². The molecule has 0 saturated carbocycles. The van der Waals surface area contributed by atoms with E-state index in [9.17, 15) is 4.39 Å². The number of rotatable bonds is 3. The fourth-order valence-corrected chi connectivity index (χ4v) is 2.06. The van der Waals surface area contributed by atoms with Gasteiger partial charge in [-0.25, -0.2) is 9.38 Å². The SMILES string of the molecule is NC(CCl)=Nc1cc(F)ccc1N1CCCC1. The summed E-state index contributed by atoms with van der Waals surface area (Å²) >= 11 is 5.59. The first-order valence-electron chi connectivity index (χ1n) is 5.64. The van der Waals surface area contributed by atoms with Gasteiger partial charge in [-0.3, -0.25) is 0 Å². The lowest BCUT2D eigenvalue weighted by atomic mass is 10.2. The van der Waals surface area contributed by atoms with Crippen molar-refractivity contribution in [1.29, 1.82) is 0 Å². The molecule has 0 aromatic heterocycles. The van der Waals surface area contributed by atoms with Crippen LogP contribution in [-0.2, 0) is 0 Å². The summed E-state index contributed by atoms with van der Waals surface area (Å²) in [6, 6.07) is 4.59. The molecule has 1 aromatic carbocycles. The van der Waals surface area contributed by atoms with Crippen LogP contribution in [0.25, 0.3) is 0 Å². The van der Waals surface area contributed by atoms with Gasteiger partial charge in [0.1, 0.15) is 11.7 Å². The highest BCUT2D eigenvalue weighted by atomic mass is 35.5. The highest BCUT2D eigenvalue weighted by Gasteiger charge is 2.16. The first-order chi connectivity index (χ1) is 8.20. The van der Waals surface area contributed by atoms with Gasteiger partial charge in [-0.2, -0.15) is 0 Å². The van der Waals surface area contributed by atoms with Crippen LogP contribution < -0.4 is 10.6 Å². The van der Waals surface area contributed by atoms with Crippen molar-refractivity contribution >= 4 is 28.8 Å². The molecular weight excluding hydrogens is 241 g/mol. The molecule has 0 radical (unpaired) electrons. The molecule has 0 unspecified atom stereocenters. The molecule has 0 atom stereocenters. The van der Waals surface area contributed by atoms with Crippen molar-refractivity contribution in [3.05, 3.63) is 24.0 Å². The van der Waals surface area contributed by atoms with Crippen molar-refractivity contribution in [2.45, 2.75) is 12.8 Å². The highest BCUT2D eigenvalue weighted by molar-refractivity contribution is 6.28. The molecule has 0 spiro atoms. The number of alkyl halides is 1. The van der Waals surface area contributed by atoms with Crippen LogP contribution in [-0.4, -0.2) is 24.8 Å². The summed E-state index contributed by atoms with van der Waals surface area (Å²) in [5.41, 5.74) is 7.09. The van der Waals surface area contributed by atoms with Gasteiger partial charge in [0.25, 0.3) is 0 Å². The smallest absolute Gasteiger partial charge is 0.125 e. The molecule has 1 fully saturated rings. The number of nitrogens with zero attached hydrogens (tertiary/aromatic N) is 2. The monoisotopic (exact) mass is 255 g/mol. The van der Waals surface area contributed by atoms with Gasteiger partial charge in [-0.15, -0.1) is 11.6 Å². The van der Waals surface area contributed by atoms with Crippen LogP contribution in [0.3, 0.4) is 0 Å². The molecule has 1 aromatic rings. The van der Waals surface area contributed by atoms with E-state index >= 15 is 0 Å². The molecule has 1 saturated heterocycles. The van der Waals surface area contributed by atoms with Crippen LogP contribution in [0.2, 0.25) is 0 Å². The standard InChI is InChI=1S/C12H15ClFN3/c13-8-12(15)16-10-7-9(14)3-4-11(10)17-5-1-2-6-17/h3-4,7H,1-2,5-6,8H2,(H2,15,16). The summed E-state index contributed by atoms with van der Waals surface area (Å²) in [6.45, 7) is 1.96. The molecule has 0 bridgehead atoms. The van der Waals surface area contributed by atoms with E-state index in [0.29, 0.717) is 11.5 Å². The summed E-state index contributed by atoms with van der Waals surface area (Å²) < 4.78 is 13.2. The first-order valence-corrected chi connectivity index (χ1v) is 6.17. The van der Waals surface area contributed by atoms with Gasteiger partial charge < -0.3 is 10.6 Å². The van der Waals surface area contributed by atoms with E-state index in [1.807, 2.05) is 0 Å². The minimum Gasteiger partial charge on any atom is -0.386 e. The largest absolute Gasteiger partial charge is 0.386 e. The lowest BCUT2D eigenvalue weighted by Crippen LogP contribution is -2.18. The van der Waals surface area contributed by atoms with Gasteiger partial charge in [-0.05, 0) is 25.0 Å². The second kappa shape index (κ2) is 5.36. The maximum absolute atomic E-state index is 13.2. The number of anilines is 1. The number of amidine groups is 1. The molecule has 1 aliphatic rings. The molecule has 92 valence electrons. The van der Waals surface area contributed by atoms with Crippen molar-refractivity contribution in [3.63, 3.8) is 0 Å². The fraction of sp³-hybridized carbons (Fsp3) is 0.417. The van der Waals surface area contributed by atoms with Crippen molar-refractivity contribution in [2.24, 2.45) is 10.7 Å². The predicted molar refractivity (Wildman–Crippen MR) is 69.8 cm³/mol. The third kappa shape index (κ3) is 2.88. The molecule has 17 heavy (non-hydrogen) atoms. The number of benzene rings is 1. The quantitative estimate of drug-likeness (QED) is 0.513. The Morgan fingerprint density at radius 3 is 2.76 bits per heavy atom. The predicted octanol–water partition coefficient (Wildman–Crippen LogP) is 2.65. The van der Waals surface area contributed by atoms with Crippen LogP contribution >= 0.6 is 11.6 Å². The summed E-state index contributed by atoms with van der Waals surface area (Å²) in [6.07, 6.45) is 2.32. The molecule has 1 heterocycles. The van der Waals surface area contributed by atoms with E-state index in [1.54, 1.807) is 6.07 Å². The van der Waals surface area contributed by atoms with Gasteiger partial charge in [0.15, 0.2) is 0 Å². The lowest BCUT2D eigenvalue weighted by Gasteiger charge is -2.19. The van der Waals surface area contributed by atoms with E-state index < -0.39 is 0 Å². The maximum atomic E-state index is 13.2. The van der Waals surface area contributed by atoms with Gasteiger partial charge in [0.2, 0.25) is 0 Å². The number of nitrogens with two attached hydrogens (primary N) is 1. The number of aliphatic imine (C=N–C) groups is 1. The van der Waals surface area contributed by atoms with Gasteiger partial charge in [0.05, 0.1) is 17.3 Å². The Hall–Kier alpha value is -1.29.